The minimum atomic E-state index is -0.345. The van der Waals surface area contributed by atoms with E-state index in [-0.39, 0.29) is 22.9 Å². The van der Waals surface area contributed by atoms with E-state index < -0.39 is 0 Å². The Morgan fingerprint density at radius 3 is 2.42 bits per heavy atom. The van der Waals surface area contributed by atoms with Crippen molar-refractivity contribution in [1.29, 1.82) is 0 Å². The zero-order valence-electron chi connectivity index (χ0n) is 13.5. The first-order valence-corrected chi connectivity index (χ1v) is 7.82. The molecule has 3 rings (SSSR count). The van der Waals surface area contributed by atoms with E-state index in [4.69, 9.17) is 4.74 Å². The summed E-state index contributed by atoms with van der Waals surface area (Å²) in [6.07, 6.45) is 5.74. The molecule has 0 heterocycles. The Balaban J connectivity index is 2.10. The summed E-state index contributed by atoms with van der Waals surface area (Å²) in [6.45, 7) is 13.1. The molecule has 0 spiro atoms. The van der Waals surface area contributed by atoms with Crippen LogP contribution in [0.2, 0.25) is 0 Å². The third-order valence-corrected chi connectivity index (χ3v) is 5.99. The van der Waals surface area contributed by atoms with E-state index in [1.165, 1.54) is 19.3 Å². The van der Waals surface area contributed by atoms with Gasteiger partial charge in [-0.1, -0.05) is 27.7 Å². The molecule has 3 aliphatic carbocycles. The topological polar surface area (TPSA) is 26.3 Å². The summed E-state index contributed by atoms with van der Waals surface area (Å²) in [5, 5.41) is 0. The predicted molar refractivity (Wildman–Crippen MR) is 77.8 cm³/mol. The number of hydrogen-bond donors (Lipinski definition) is 0. The number of carbonyl (C=O) groups is 1. The van der Waals surface area contributed by atoms with Gasteiger partial charge in [-0.2, -0.15) is 0 Å². The highest BCUT2D eigenvalue weighted by Crippen LogP contribution is 2.59. The first kappa shape index (κ1) is 14.9. The zero-order chi connectivity index (χ0) is 14.5. The van der Waals surface area contributed by atoms with Gasteiger partial charge in [-0.3, -0.25) is 4.79 Å². The molecule has 3 aliphatic rings. The molecule has 0 saturated heterocycles. The van der Waals surface area contributed by atoms with Crippen molar-refractivity contribution in [1.82, 2.24) is 0 Å². The Labute approximate surface area is 118 Å². The molecule has 2 heteroatoms. The van der Waals surface area contributed by atoms with Crippen LogP contribution in [-0.4, -0.2) is 12.1 Å². The number of fused-ring (bicyclic) bond motifs is 3. The van der Waals surface area contributed by atoms with E-state index in [0.29, 0.717) is 5.41 Å². The van der Waals surface area contributed by atoms with Gasteiger partial charge in [-0.15, -0.1) is 0 Å². The predicted octanol–water partition coefficient (Wildman–Crippen LogP) is 4.57. The fourth-order valence-corrected chi connectivity index (χ4v) is 4.05. The van der Waals surface area contributed by atoms with Crippen LogP contribution in [0.3, 0.4) is 0 Å². The van der Waals surface area contributed by atoms with E-state index in [1.54, 1.807) is 0 Å². The van der Waals surface area contributed by atoms with E-state index >= 15 is 0 Å². The molecule has 3 fully saturated rings. The average Bonchev–Trinajstić information content (AvgIpc) is 2.29. The normalized spacial score (nSPS) is 37.2. The standard InChI is InChI=1S/C17H30O2/c1-7-15(2,3)14(18)19-13-10-12-8-9-17(13,6)11-16(12,4)5/h12-13H,7-11H2,1-6H3. The zero-order valence-corrected chi connectivity index (χ0v) is 13.5. The molecule has 3 unspecified atom stereocenters. The second kappa shape index (κ2) is 4.49. The number of carbonyl (C=O) groups excluding carboxylic acids is 1. The molecule has 0 aromatic heterocycles. The van der Waals surface area contributed by atoms with Crippen molar-refractivity contribution in [3.05, 3.63) is 0 Å². The van der Waals surface area contributed by atoms with Crippen LogP contribution in [0.15, 0.2) is 0 Å². The lowest BCUT2D eigenvalue weighted by Gasteiger charge is -2.57. The van der Waals surface area contributed by atoms with Crippen molar-refractivity contribution in [2.75, 3.05) is 0 Å². The first-order valence-electron chi connectivity index (χ1n) is 7.82. The quantitative estimate of drug-likeness (QED) is 0.699. The lowest BCUT2D eigenvalue weighted by Crippen LogP contribution is -2.53. The average molecular weight is 266 g/mol. The SMILES string of the molecule is CCC(C)(C)C(=O)OC1CC2CCC1(C)CC2(C)C. The van der Waals surface area contributed by atoms with Crippen LogP contribution < -0.4 is 0 Å². The van der Waals surface area contributed by atoms with Crippen LogP contribution in [0.4, 0.5) is 0 Å². The van der Waals surface area contributed by atoms with Crippen molar-refractivity contribution >= 4 is 5.97 Å². The van der Waals surface area contributed by atoms with E-state index in [2.05, 4.69) is 27.7 Å². The fourth-order valence-electron chi connectivity index (χ4n) is 4.05. The Morgan fingerprint density at radius 2 is 1.95 bits per heavy atom. The molecular weight excluding hydrogens is 236 g/mol. The number of rotatable bonds is 3. The summed E-state index contributed by atoms with van der Waals surface area (Å²) in [5.41, 5.74) is 0.260. The molecular formula is C17H30O2. The minimum absolute atomic E-state index is 0.00780. The Bertz CT molecular complexity index is 369. The van der Waals surface area contributed by atoms with Gasteiger partial charge in [0.05, 0.1) is 5.41 Å². The van der Waals surface area contributed by atoms with E-state index in [9.17, 15) is 4.79 Å². The Morgan fingerprint density at radius 1 is 1.32 bits per heavy atom. The van der Waals surface area contributed by atoms with Crippen LogP contribution in [0, 0.1) is 22.2 Å². The summed E-state index contributed by atoms with van der Waals surface area (Å²) in [5.74, 6) is 0.712. The van der Waals surface area contributed by atoms with Crippen LogP contribution in [0.1, 0.15) is 73.6 Å². The summed E-state index contributed by atoms with van der Waals surface area (Å²) in [6, 6.07) is 0. The molecule has 2 nitrogen and oxygen atoms in total. The lowest BCUT2D eigenvalue weighted by atomic mass is 9.50. The van der Waals surface area contributed by atoms with Crippen LogP contribution in [0.5, 0.6) is 0 Å². The van der Waals surface area contributed by atoms with Crippen LogP contribution in [-0.2, 0) is 9.53 Å². The van der Waals surface area contributed by atoms with Crippen molar-refractivity contribution in [2.24, 2.45) is 22.2 Å². The molecule has 3 atom stereocenters. The Hall–Kier alpha value is -0.530. The summed E-state index contributed by atoms with van der Waals surface area (Å²) >= 11 is 0. The maximum atomic E-state index is 12.3. The minimum Gasteiger partial charge on any atom is -0.461 e. The van der Waals surface area contributed by atoms with Crippen LogP contribution in [0.25, 0.3) is 0 Å². The fraction of sp³-hybridized carbons (Fsp3) is 0.941. The summed E-state index contributed by atoms with van der Waals surface area (Å²) < 4.78 is 5.94. The number of esters is 1. The summed E-state index contributed by atoms with van der Waals surface area (Å²) in [7, 11) is 0. The monoisotopic (exact) mass is 266 g/mol. The van der Waals surface area contributed by atoms with Crippen molar-refractivity contribution < 1.29 is 9.53 Å². The first-order chi connectivity index (χ1) is 8.61. The lowest BCUT2D eigenvalue weighted by molar-refractivity contribution is -0.187. The molecule has 110 valence electrons. The maximum Gasteiger partial charge on any atom is 0.311 e. The molecule has 0 aliphatic heterocycles. The highest BCUT2D eigenvalue weighted by Gasteiger charge is 2.54. The van der Waals surface area contributed by atoms with Gasteiger partial charge in [0.1, 0.15) is 6.10 Å². The van der Waals surface area contributed by atoms with Gasteiger partial charge in [-0.25, -0.2) is 0 Å². The molecule has 3 saturated carbocycles. The Kier molecular flexibility index (Phi) is 3.52. The van der Waals surface area contributed by atoms with Gasteiger partial charge in [0.15, 0.2) is 0 Å². The number of hydrogen-bond acceptors (Lipinski definition) is 2. The van der Waals surface area contributed by atoms with Gasteiger partial charge in [0.25, 0.3) is 0 Å². The molecule has 0 aromatic carbocycles. The van der Waals surface area contributed by atoms with Gasteiger partial charge in [-0.05, 0) is 57.3 Å². The summed E-state index contributed by atoms with van der Waals surface area (Å²) in [4.78, 5) is 12.3. The van der Waals surface area contributed by atoms with Crippen molar-refractivity contribution in [3.8, 4) is 0 Å². The second-order valence-corrected chi connectivity index (χ2v) is 8.42. The van der Waals surface area contributed by atoms with Gasteiger partial charge < -0.3 is 4.74 Å². The largest absolute Gasteiger partial charge is 0.461 e. The van der Waals surface area contributed by atoms with Crippen molar-refractivity contribution in [2.45, 2.75) is 79.8 Å². The van der Waals surface area contributed by atoms with Gasteiger partial charge >= 0.3 is 5.97 Å². The highest BCUT2D eigenvalue weighted by molar-refractivity contribution is 5.76. The molecule has 19 heavy (non-hydrogen) atoms. The van der Waals surface area contributed by atoms with Crippen LogP contribution >= 0.6 is 0 Å². The molecule has 0 aromatic rings. The highest BCUT2D eigenvalue weighted by atomic mass is 16.5. The smallest absolute Gasteiger partial charge is 0.311 e. The molecule has 0 amide bonds. The van der Waals surface area contributed by atoms with Gasteiger partial charge in [0.2, 0.25) is 0 Å². The van der Waals surface area contributed by atoms with Gasteiger partial charge in [0, 0.05) is 5.41 Å². The van der Waals surface area contributed by atoms with Crippen molar-refractivity contribution in [3.63, 3.8) is 0 Å². The number of ether oxygens (including phenoxy) is 1. The molecule has 0 radical (unpaired) electrons. The van der Waals surface area contributed by atoms with E-state index in [1.807, 2.05) is 13.8 Å². The third-order valence-electron chi connectivity index (χ3n) is 5.99. The third kappa shape index (κ3) is 2.55. The van der Waals surface area contributed by atoms with E-state index in [0.717, 1.165) is 18.8 Å². The molecule has 0 N–H and O–H groups in total. The maximum absolute atomic E-state index is 12.3. The molecule has 2 bridgehead atoms. The second-order valence-electron chi connectivity index (χ2n) is 8.42.